The van der Waals surface area contributed by atoms with Gasteiger partial charge in [-0.1, -0.05) is 17.7 Å². The fourth-order valence-corrected chi connectivity index (χ4v) is 1.67. The Kier molecular flexibility index (Phi) is 2.52. The predicted octanol–water partition coefficient (Wildman–Crippen LogP) is 2.24. The lowest BCUT2D eigenvalue weighted by Gasteiger charge is -2.07. The van der Waals surface area contributed by atoms with Gasteiger partial charge in [0.25, 0.3) is 5.56 Å². The van der Waals surface area contributed by atoms with Gasteiger partial charge in [-0.3, -0.25) is 4.79 Å². The van der Waals surface area contributed by atoms with Gasteiger partial charge in [-0.15, -0.1) is 0 Å². The van der Waals surface area contributed by atoms with Crippen LogP contribution in [0.4, 0.5) is 5.69 Å². The standard InChI is InChI=1S/C13H14N2O/c1-8-3-4-9(2)10(7-8)12-6-5-11(14)13(16)15-12/h3-7H,14H2,1-2H3,(H,15,16). The summed E-state index contributed by atoms with van der Waals surface area (Å²) in [6.45, 7) is 4.04. The van der Waals surface area contributed by atoms with Crippen molar-refractivity contribution in [3.8, 4) is 11.3 Å². The van der Waals surface area contributed by atoms with Crippen molar-refractivity contribution in [2.24, 2.45) is 0 Å². The first-order chi connectivity index (χ1) is 7.58. The summed E-state index contributed by atoms with van der Waals surface area (Å²) < 4.78 is 0. The maximum absolute atomic E-state index is 11.4. The van der Waals surface area contributed by atoms with E-state index in [0.29, 0.717) is 0 Å². The van der Waals surface area contributed by atoms with Crippen LogP contribution >= 0.6 is 0 Å². The summed E-state index contributed by atoms with van der Waals surface area (Å²) in [5.41, 5.74) is 9.64. The van der Waals surface area contributed by atoms with Gasteiger partial charge in [0, 0.05) is 11.3 Å². The number of nitrogen functional groups attached to an aromatic ring is 1. The molecule has 0 bridgehead atoms. The van der Waals surface area contributed by atoms with E-state index >= 15 is 0 Å². The summed E-state index contributed by atoms with van der Waals surface area (Å²) in [4.78, 5) is 14.2. The van der Waals surface area contributed by atoms with Gasteiger partial charge in [-0.2, -0.15) is 0 Å². The zero-order valence-corrected chi connectivity index (χ0v) is 9.37. The zero-order valence-electron chi connectivity index (χ0n) is 9.37. The van der Waals surface area contributed by atoms with Crippen LogP contribution < -0.4 is 11.3 Å². The molecule has 0 amide bonds. The van der Waals surface area contributed by atoms with Crippen molar-refractivity contribution >= 4 is 5.69 Å². The summed E-state index contributed by atoms with van der Waals surface area (Å²) in [5.74, 6) is 0. The Hall–Kier alpha value is -2.03. The molecule has 0 aliphatic rings. The van der Waals surface area contributed by atoms with Crippen LogP contribution in [0.25, 0.3) is 11.3 Å². The number of anilines is 1. The molecule has 2 rings (SSSR count). The lowest BCUT2D eigenvalue weighted by Crippen LogP contribution is -2.11. The lowest BCUT2D eigenvalue weighted by atomic mass is 10.0. The maximum atomic E-state index is 11.4. The molecule has 2 aromatic rings. The van der Waals surface area contributed by atoms with E-state index in [4.69, 9.17) is 5.73 Å². The summed E-state index contributed by atoms with van der Waals surface area (Å²) in [7, 11) is 0. The smallest absolute Gasteiger partial charge is 0.271 e. The molecule has 3 nitrogen and oxygen atoms in total. The molecule has 0 spiro atoms. The molecule has 1 heterocycles. The van der Waals surface area contributed by atoms with E-state index in [0.717, 1.165) is 16.8 Å². The van der Waals surface area contributed by atoms with Gasteiger partial charge in [-0.25, -0.2) is 0 Å². The molecule has 0 aliphatic carbocycles. The van der Waals surface area contributed by atoms with Crippen LogP contribution in [0.15, 0.2) is 35.1 Å². The molecule has 82 valence electrons. The van der Waals surface area contributed by atoms with Crippen molar-refractivity contribution < 1.29 is 0 Å². The molecule has 0 saturated carbocycles. The summed E-state index contributed by atoms with van der Waals surface area (Å²) in [5, 5.41) is 0. The molecule has 3 N–H and O–H groups in total. The average molecular weight is 214 g/mol. The topological polar surface area (TPSA) is 58.9 Å². The second-order valence-electron chi connectivity index (χ2n) is 3.97. The minimum absolute atomic E-state index is 0.238. The number of benzene rings is 1. The number of aromatic nitrogens is 1. The SMILES string of the molecule is Cc1ccc(C)c(-c2ccc(N)c(=O)[nH]2)c1. The predicted molar refractivity (Wildman–Crippen MR) is 66.4 cm³/mol. The number of hydrogen-bond acceptors (Lipinski definition) is 2. The highest BCUT2D eigenvalue weighted by Gasteiger charge is 2.04. The van der Waals surface area contributed by atoms with Gasteiger partial charge in [0.15, 0.2) is 0 Å². The Balaban J connectivity index is 2.63. The van der Waals surface area contributed by atoms with Crippen molar-refractivity contribution in [3.05, 3.63) is 51.8 Å². The third-order valence-electron chi connectivity index (χ3n) is 2.62. The minimum Gasteiger partial charge on any atom is -0.394 e. The summed E-state index contributed by atoms with van der Waals surface area (Å²) >= 11 is 0. The molecule has 1 aromatic carbocycles. The molecule has 0 aliphatic heterocycles. The number of pyridine rings is 1. The first kappa shape index (κ1) is 10.5. The number of aromatic amines is 1. The fourth-order valence-electron chi connectivity index (χ4n) is 1.67. The highest BCUT2D eigenvalue weighted by molar-refractivity contribution is 5.65. The zero-order chi connectivity index (χ0) is 11.7. The van der Waals surface area contributed by atoms with E-state index in [2.05, 4.69) is 11.1 Å². The number of nitrogens with two attached hydrogens (primary N) is 1. The molecule has 0 radical (unpaired) electrons. The molecule has 0 unspecified atom stereocenters. The molecule has 16 heavy (non-hydrogen) atoms. The van der Waals surface area contributed by atoms with E-state index in [1.54, 1.807) is 6.07 Å². The normalized spacial score (nSPS) is 10.4. The highest BCUT2D eigenvalue weighted by Crippen LogP contribution is 2.21. The minimum atomic E-state index is -0.238. The quantitative estimate of drug-likeness (QED) is 0.764. The average Bonchev–Trinajstić information content (AvgIpc) is 2.26. The molecule has 1 aromatic heterocycles. The Morgan fingerprint density at radius 2 is 1.88 bits per heavy atom. The van der Waals surface area contributed by atoms with Gasteiger partial charge in [-0.05, 0) is 37.6 Å². The first-order valence-corrected chi connectivity index (χ1v) is 5.14. The maximum Gasteiger partial charge on any atom is 0.271 e. The largest absolute Gasteiger partial charge is 0.394 e. The summed E-state index contributed by atoms with van der Waals surface area (Å²) in [6.07, 6.45) is 0. The van der Waals surface area contributed by atoms with Crippen LogP contribution in [0.2, 0.25) is 0 Å². The van der Waals surface area contributed by atoms with E-state index in [9.17, 15) is 4.79 Å². The second-order valence-corrected chi connectivity index (χ2v) is 3.97. The molecule has 0 fully saturated rings. The molecular weight excluding hydrogens is 200 g/mol. The van der Waals surface area contributed by atoms with E-state index in [1.807, 2.05) is 32.0 Å². The van der Waals surface area contributed by atoms with Gasteiger partial charge >= 0.3 is 0 Å². The lowest BCUT2D eigenvalue weighted by molar-refractivity contribution is 1.23. The van der Waals surface area contributed by atoms with E-state index in [-0.39, 0.29) is 11.2 Å². The van der Waals surface area contributed by atoms with Crippen LogP contribution in [0.3, 0.4) is 0 Å². The van der Waals surface area contributed by atoms with E-state index in [1.165, 1.54) is 5.56 Å². The van der Waals surface area contributed by atoms with Crippen molar-refractivity contribution in [2.75, 3.05) is 5.73 Å². The van der Waals surface area contributed by atoms with Crippen LogP contribution in [0.1, 0.15) is 11.1 Å². The Bertz CT molecular complexity index is 585. The molecule has 3 heteroatoms. The third kappa shape index (κ3) is 1.84. The van der Waals surface area contributed by atoms with E-state index < -0.39 is 0 Å². The second kappa shape index (κ2) is 3.85. The van der Waals surface area contributed by atoms with Gasteiger partial charge in [0.1, 0.15) is 0 Å². The molecule has 0 atom stereocenters. The van der Waals surface area contributed by atoms with Gasteiger partial charge in [0.2, 0.25) is 0 Å². The van der Waals surface area contributed by atoms with Crippen LogP contribution in [-0.2, 0) is 0 Å². The van der Waals surface area contributed by atoms with Gasteiger partial charge in [0.05, 0.1) is 5.69 Å². The van der Waals surface area contributed by atoms with Crippen LogP contribution in [0.5, 0.6) is 0 Å². The Morgan fingerprint density at radius 3 is 2.56 bits per heavy atom. The van der Waals surface area contributed by atoms with Crippen molar-refractivity contribution in [2.45, 2.75) is 13.8 Å². The molecular formula is C13H14N2O. The van der Waals surface area contributed by atoms with Crippen LogP contribution in [-0.4, -0.2) is 4.98 Å². The first-order valence-electron chi connectivity index (χ1n) is 5.14. The number of hydrogen-bond donors (Lipinski definition) is 2. The molecule has 0 saturated heterocycles. The third-order valence-corrected chi connectivity index (χ3v) is 2.62. The Morgan fingerprint density at radius 1 is 1.12 bits per heavy atom. The van der Waals surface area contributed by atoms with Gasteiger partial charge < -0.3 is 10.7 Å². The number of aryl methyl sites for hydroxylation is 2. The summed E-state index contributed by atoms with van der Waals surface area (Å²) in [6, 6.07) is 9.61. The van der Waals surface area contributed by atoms with Crippen molar-refractivity contribution in [1.82, 2.24) is 4.98 Å². The highest BCUT2D eigenvalue weighted by atomic mass is 16.1. The number of H-pyrrole nitrogens is 1. The van der Waals surface area contributed by atoms with Crippen molar-refractivity contribution in [1.29, 1.82) is 0 Å². The van der Waals surface area contributed by atoms with Crippen LogP contribution in [0, 0.1) is 13.8 Å². The van der Waals surface area contributed by atoms with Crippen molar-refractivity contribution in [3.63, 3.8) is 0 Å². The number of nitrogens with one attached hydrogen (secondary N) is 1. The monoisotopic (exact) mass is 214 g/mol. The number of rotatable bonds is 1. The fraction of sp³-hybridized carbons (Fsp3) is 0.154. The Labute approximate surface area is 93.9 Å².